The van der Waals surface area contributed by atoms with Crippen molar-refractivity contribution >= 4 is 23.2 Å². The minimum absolute atomic E-state index is 0. The van der Waals surface area contributed by atoms with E-state index in [9.17, 15) is 4.79 Å². The smallest absolute Gasteiger partial charge is 0.235 e. The van der Waals surface area contributed by atoms with Gasteiger partial charge in [0.1, 0.15) is 0 Å². The quantitative estimate of drug-likeness (QED) is 0.600. The number of carbonyl (C=O) groups is 1. The second kappa shape index (κ2) is 10.9. The largest absolute Gasteiger partial charge is 0.518 e. The average Bonchev–Trinajstić information content (AvgIpc) is 2.97. The van der Waals surface area contributed by atoms with E-state index in [1.165, 1.54) is 0 Å². The zero-order chi connectivity index (χ0) is 19.3. The third-order valence-electron chi connectivity index (χ3n) is 5.25. The molecule has 1 fully saturated rings. The predicted octanol–water partition coefficient (Wildman–Crippen LogP) is 4.35. The third-order valence-corrected chi connectivity index (χ3v) is 5.49. The zero-order valence-corrected chi connectivity index (χ0v) is 20.1. The van der Waals surface area contributed by atoms with Gasteiger partial charge >= 0.3 is 0 Å². The molecule has 2 aromatic carbocycles. The van der Waals surface area contributed by atoms with Crippen molar-refractivity contribution in [1.29, 1.82) is 0 Å². The second-order valence-electron chi connectivity index (χ2n) is 6.65. The molecule has 0 aromatic heterocycles. The fourth-order valence-corrected chi connectivity index (χ4v) is 3.97. The Morgan fingerprint density at radius 3 is 2.57 bits per heavy atom. The first-order valence-electron chi connectivity index (χ1n) is 9.31. The van der Waals surface area contributed by atoms with Gasteiger partial charge < -0.3 is 17.0 Å². The molecule has 0 bridgehead atoms. The molecule has 2 aromatic rings. The first-order valence-corrected chi connectivity index (χ1v) is 9.69. The van der Waals surface area contributed by atoms with Crippen LogP contribution in [0.3, 0.4) is 0 Å². The minimum Gasteiger partial charge on any atom is -0.518 e. The van der Waals surface area contributed by atoms with Gasteiger partial charge in [0.15, 0.2) is 0 Å². The maximum absolute atomic E-state index is 12.6. The van der Waals surface area contributed by atoms with Gasteiger partial charge in [-0.3, -0.25) is 9.69 Å². The van der Waals surface area contributed by atoms with Crippen LogP contribution in [0.1, 0.15) is 25.3 Å². The average molecular weight is 529 g/mol. The molecule has 1 amide bonds. The Bertz CT molecular complexity index is 777. The van der Waals surface area contributed by atoms with E-state index in [4.69, 9.17) is 16.3 Å². The maximum atomic E-state index is 12.6. The van der Waals surface area contributed by atoms with Crippen LogP contribution in [0.25, 0.3) is 0 Å². The Labute approximate surface area is 205 Å². The fourth-order valence-electron chi connectivity index (χ4n) is 3.80. The van der Waals surface area contributed by atoms with Crippen molar-refractivity contribution in [1.82, 2.24) is 4.90 Å². The molecular weight excluding hydrogens is 504 g/mol. The molecule has 0 unspecified atom stereocenters. The van der Waals surface area contributed by atoms with Crippen molar-refractivity contribution in [2.24, 2.45) is 0 Å². The molecule has 1 saturated heterocycles. The molecule has 1 N–H and O–H groups in total. The minimum atomic E-state index is -0.424. The fraction of sp³-hybridized carbons (Fsp3) is 0.364. The van der Waals surface area contributed by atoms with E-state index in [2.05, 4.69) is 23.2 Å². The number of hydrogen-bond donors (Lipinski definition) is 1. The molecule has 0 aliphatic carbocycles. The van der Waals surface area contributed by atoms with Crippen molar-refractivity contribution in [2.75, 3.05) is 31.6 Å². The van der Waals surface area contributed by atoms with Gasteiger partial charge in [-0.15, -0.1) is 12.1 Å². The van der Waals surface area contributed by atoms with E-state index < -0.39 is 5.41 Å². The van der Waals surface area contributed by atoms with Gasteiger partial charge in [0.2, 0.25) is 5.91 Å². The number of fused-ring (bicyclic) bond motifs is 2. The molecule has 0 radical (unpaired) electrons. The van der Waals surface area contributed by atoms with Crippen LogP contribution < -0.4 is 10.1 Å². The monoisotopic (exact) mass is 526 g/mol. The van der Waals surface area contributed by atoms with Crippen molar-refractivity contribution in [3.05, 3.63) is 66.0 Å². The van der Waals surface area contributed by atoms with Gasteiger partial charge in [-0.05, 0) is 49.7 Å². The summed E-state index contributed by atoms with van der Waals surface area (Å²) >= 11 is 6.16. The molecule has 0 atom stereocenters. The van der Waals surface area contributed by atoms with E-state index in [-0.39, 0.29) is 46.7 Å². The topological polar surface area (TPSA) is 41.6 Å². The first-order chi connectivity index (χ1) is 13.2. The maximum Gasteiger partial charge on any atom is 0.235 e. The molecule has 2 heterocycles. The number of benzene rings is 2. The summed E-state index contributed by atoms with van der Waals surface area (Å²) < 4.78 is 5.76. The Morgan fingerprint density at radius 1 is 1.21 bits per heavy atom. The summed E-state index contributed by atoms with van der Waals surface area (Å²) in [5.74, 6) is 0.979. The number of piperidine rings is 1. The number of rotatable bonds is 4. The Balaban J connectivity index is 0.000000906. The van der Waals surface area contributed by atoms with Gasteiger partial charge in [0.05, 0.1) is 12.0 Å². The predicted molar refractivity (Wildman–Crippen MR) is 109 cm³/mol. The summed E-state index contributed by atoms with van der Waals surface area (Å²) in [4.78, 5) is 15.0. The van der Waals surface area contributed by atoms with E-state index >= 15 is 0 Å². The van der Waals surface area contributed by atoms with Crippen LogP contribution in [0.15, 0.2) is 42.5 Å². The standard InChI is InChI=1S/C20H20ClN2O2.C2H5.Nd/c21-15-6-7-18-17(14-15)20(19(24)22-18)8-10-23(11-9-20)12-13-25-16-4-2-1-3-5-16;1-2;/h2-7,14H,8-13H2,(H,22,24);1H2,2H3;/q2*-1;. The normalized spacial score (nSPS) is 17.0. The van der Waals surface area contributed by atoms with Crippen LogP contribution in [0, 0.1) is 53.8 Å². The zero-order valence-electron chi connectivity index (χ0n) is 16.1. The van der Waals surface area contributed by atoms with Gasteiger partial charge in [-0.25, -0.2) is 0 Å². The third kappa shape index (κ3) is 5.07. The van der Waals surface area contributed by atoms with E-state index in [0.29, 0.717) is 11.6 Å². The number of hydrogen-bond acceptors (Lipinski definition) is 3. The van der Waals surface area contributed by atoms with Crippen LogP contribution in [-0.2, 0) is 10.2 Å². The summed E-state index contributed by atoms with van der Waals surface area (Å²) in [7, 11) is 0. The Hall–Kier alpha value is -0.689. The second-order valence-corrected chi connectivity index (χ2v) is 7.09. The van der Waals surface area contributed by atoms with Gasteiger partial charge in [0.25, 0.3) is 0 Å². The number of carbonyl (C=O) groups excluding carboxylic acids is 1. The van der Waals surface area contributed by atoms with Gasteiger partial charge in [-0.2, -0.15) is 25.1 Å². The molecule has 1 spiro atoms. The van der Waals surface area contributed by atoms with E-state index in [1.807, 2.05) is 42.5 Å². The number of likely N-dealkylation sites (tertiary alicyclic amines) is 1. The Morgan fingerprint density at radius 2 is 1.89 bits per heavy atom. The van der Waals surface area contributed by atoms with Crippen LogP contribution in [0.2, 0.25) is 5.02 Å². The molecule has 2 aliphatic heterocycles. The van der Waals surface area contributed by atoms with Crippen molar-refractivity contribution in [2.45, 2.75) is 25.2 Å². The molecule has 0 saturated carbocycles. The summed E-state index contributed by atoms with van der Waals surface area (Å²) in [6.45, 7) is 8.26. The molecule has 28 heavy (non-hydrogen) atoms. The summed E-state index contributed by atoms with van der Waals surface area (Å²) in [5.41, 5.74) is 1.54. The van der Waals surface area contributed by atoms with Crippen LogP contribution in [0.5, 0.6) is 5.75 Å². The molecule has 4 nitrogen and oxygen atoms in total. The molecule has 4 rings (SSSR count). The number of ether oxygens (including phenoxy) is 1. The van der Waals surface area contributed by atoms with Crippen molar-refractivity contribution < 1.29 is 50.4 Å². The van der Waals surface area contributed by atoms with Crippen molar-refractivity contribution in [3.8, 4) is 5.75 Å². The van der Waals surface area contributed by atoms with E-state index in [0.717, 1.165) is 49.5 Å². The number of anilines is 1. The van der Waals surface area contributed by atoms with Gasteiger partial charge in [-0.1, -0.05) is 11.6 Å². The number of nitrogens with one attached hydrogen (secondary N) is 1. The van der Waals surface area contributed by atoms with E-state index in [1.54, 1.807) is 6.92 Å². The SMILES string of the molecule is O=C1Nc2ccc(Cl)cc2C12CCN(CCOc1cc[c-]cc1)CC2.[CH2-]C.[Nd]. The number of halogens is 1. The van der Waals surface area contributed by atoms with Crippen LogP contribution in [-0.4, -0.2) is 37.0 Å². The van der Waals surface area contributed by atoms with Crippen LogP contribution >= 0.6 is 11.6 Å². The molecular formula is C22H25ClN2NdO2-2. The summed E-state index contributed by atoms with van der Waals surface area (Å²) in [6.07, 6.45) is 1.62. The Kier molecular flexibility index (Phi) is 9.19. The summed E-state index contributed by atoms with van der Waals surface area (Å²) in [6, 6.07) is 16.2. The first kappa shape index (κ1) is 23.6. The van der Waals surface area contributed by atoms with Crippen LogP contribution in [0.4, 0.5) is 5.69 Å². The van der Waals surface area contributed by atoms with Crippen molar-refractivity contribution in [3.63, 3.8) is 0 Å². The van der Waals surface area contributed by atoms with Gasteiger partial charge in [0, 0.05) is 63.8 Å². The number of nitrogens with zero attached hydrogens (tertiary/aromatic N) is 1. The summed E-state index contributed by atoms with van der Waals surface area (Å²) in [5, 5.41) is 3.71. The molecule has 6 heteroatoms. The molecule has 148 valence electrons. The molecule has 2 aliphatic rings. The number of amides is 1.